The molecule has 1 amide bonds. The second kappa shape index (κ2) is 5.66. The molecule has 3 heterocycles. The van der Waals surface area contributed by atoms with Crippen LogP contribution in [0.4, 0.5) is 5.69 Å². The number of carbonyl (C=O) groups excluding carboxylic acids is 1. The number of H-pyrrole nitrogens is 2. The Labute approximate surface area is 143 Å². The fraction of sp³-hybridized carbons (Fsp3) is 0. The number of nitrogens with zero attached hydrogens (tertiary/aromatic N) is 2. The zero-order chi connectivity index (χ0) is 16.7. The molecule has 0 saturated carbocycles. The van der Waals surface area contributed by atoms with Gasteiger partial charge in [-0.15, -0.1) is 11.3 Å². The van der Waals surface area contributed by atoms with E-state index in [0.717, 1.165) is 4.96 Å². The number of amides is 1. The van der Waals surface area contributed by atoms with Crippen molar-refractivity contribution in [3.05, 3.63) is 57.2 Å². The highest BCUT2D eigenvalue weighted by Gasteiger charge is 2.09. The van der Waals surface area contributed by atoms with Gasteiger partial charge in [0, 0.05) is 23.3 Å². The predicted octanol–water partition coefficient (Wildman–Crippen LogP) is 2.87. The molecular weight excluding hydrogens is 350 g/mol. The van der Waals surface area contributed by atoms with E-state index in [1.54, 1.807) is 24.3 Å². The van der Waals surface area contributed by atoms with Gasteiger partial charge in [-0.3, -0.25) is 9.20 Å². The quantitative estimate of drug-likeness (QED) is 0.491. The van der Waals surface area contributed by atoms with Crippen LogP contribution >= 0.6 is 22.9 Å². The molecule has 4 aromatic rings. The van der Waals surface area contributed by atoms with Crippen molar-refractivity contribution in [3.63, 3.8) is 0 Å². The maximum atomic E-state index is 12.1. The molecule has 0 atom stereocenters. The molecule has 1 aromatic carbocycles. The summed E-state index contributed by atoms with van der Waals surface area (Å²) in [6.45, 7) is 0. The normalized spacial score (nSPS) is 11.7. The first kappa shape index (κ1) is 14.7. The van der Waals surface area contributed by atoms with Crippen LogP contribution in [0, 0.1) is 0 Å². The number of aromatic amines is 2. The third-order valence-electron chi connectivity index (χ3n) is 3.43. The number of nitrogens with one attached hydrogen (secondary N) is 3. The van der Waals surface area contributed by atoms with E-state index in [1.165, 1.54) is 17.4 Å². The first-order chi connectivity index (χ1) is 11.6. The Morgan fingerprint density at radius 3 is 3.04 bits per heavy atom. The lowest BCUT2D eigenvalue weighted by Crippen LogP contribution is -2.07. The minimum Gasteiger partial charge on any atom is -0.322 e. The van der Waals surface area contributed by atoms with Gasteiger partial charge in [-0.05, 0) is 24.3 Å². The van der Waals surface area contributed by atoms with Gasteiger partial charge in [-0.25, -0.2) is 9.78 Å². The van der Waals surface area contributed by atoms with Gasteiger partial charge in [0.2, 0.25) is 5.91 Å². The van der Waals surface area contributed by atoms with Crippen molar-refractivity contribution < 1.29 is 4.79 Å². The van der Waals surface area contributed by atoms with Gasteiger partial charge in [0.05, 0.1) is 16.7 Å². The predicted molar refractivity (Wildman–Crippen MR) is 94.7 cm³/mol. The van der Waals surface area contributed by atoms with Gasteiger partial charge >= 0.3 is 5.69 Å². The van der Waals surface area contributed by atoms with Gasteiger partial charge in [-0.2, -0.15) is 0 Å². The van der Waals surface area contributed by atoms with E-state index in [4.69, 9.17) is 11.6 Å². The van der Waals surface area contributed by atoms with E-state index in [2.05, 4.69) is 20.3 Å². The lowest BCUT2D eigenvalue weighted by molar-refractivity contribution is -0.111. The van der Waals surface area contributed by atoms with Crippen molar-refractivity contribution in [1.82, 2.24) is 19.4 Å². The van der Waals surface area contributed by atoms with Gasteiger partial charge in [0.25, 0.3) is 0 Å². The molecule has 0 aliphatic rings. The summed E-state index contributed by atoms with van der Waals surface area (Å²) in [5, 5.41) is 4.97. The zero-order valence-electron chi connectivity index (χ0n) is 12.0. The van der Waals surface area contributed by atoms with Gasteiger partial charge in [0.15, 0.2) is 10.1 Å². The average Bonchev–Trinajstić information content (AvgIpc) is 3.19. The highest BCUT2D eigenvalue weighted by Crippen LogP contribution is 2.22. The maximum absolute atomic E-state index is 12.1. The molecule has 9 heteroatoms. The summed E-state index contributed by atoms with van der Waals surface area (Å²) in [4.78, 5) is 33.6. The largest absolute Gasteiger partial charge is 0.323 e. The number of aromatic nitrogens is 4. The lowest BCUT2D eigenvalue weighted by Gasteiger charge is -2.01. The number of hydrogen-bond donors (Lipinski definition) is 3. The average molecular weight is 360 g/mol. The molecule has 0 fully saturated rings. The third-order valence-corrected chi connectivity index (χ3v) is 4.46. The molecule has 4 rings (SSSR count). The van der Waals surface area contributed by atoms with Crippen molar-refractivity contribution in [2.24, 2.45) is 0 Å². The summed E-state index contributed by atoms with van der Waals surface area (Å²) in [6.07, 6.45) is 4.84. The monoisotopic (exact) mass is 359 g/mol. The van der Waals surface area contributed by atoms with Crippen molar-refractivity contribution >= 4 is 56.6 Å². The number of rotatable bonds is 3. The first-order valence-corrected chi connectivity index (χ1v) is 8.18. The Morgan fingerprint density at radius 2 is 2.17 bits per heavy atom. The van der Waals surface area contributed by atoms with Crippen LogP contribution in [0.2, 0.25) is 5.15 Å². The number of imidazole rings is 2. The minimum absolute atomic E-state index is 0.288. The van der Waals surface area contributed by atoms with Crippen molar-refractivity contribution in [2.75, 3.05) is 5.32 Å². The Hall–Kier alpha value is -2.84. The summed E-state index contributed by atoms with van der Waals surface area (Å²) in [6, 6.07) is 5.11. The second-order valence-electron chi connectivity index (χ2n) is 5.01. The zero-order valence-corrected chi connectivity index (χ0v) is 13.6. The van der Waals surface area contributed by atoms with Crippen molar-refractivity contribution in [3.8, 4) is 0 Å². The van der Waals surface area contributed by atoms with E-state index in [9.17, 15) is 9.59 Å². The molecule has 3 N–H and O–H groups in total. The number of fused-ring (bicyclic) bond motifs is 2. The second-order valence-corrected chi connectivity index (χ2v) is 6.24. The Morgan fingerprint density at radius 1 is 1.33 bits per heavy atom. The molecule has 0 spiro atoms. The van der Waals surface area contributed by atoms with Crippen LogP contribution in [0.5, 0.6) is 0 Å². The van der Waals surface area contributed by atoms with Crippen LogP contribution in [0.25, 0.3) is 22.1 Å². The molecular formula is C15H10ClN5O2S. The van der Waals surface area contributed by atoms with Crippen LogP contribution in [0.3, 0.4) is 0 Å². The molecule has 120 valence electrons. The number of carbonyl (C=O) groups is 1. The Kier molecular flexibility index (Phi) is 3.47. The van der Waals surface area contributed by atoms with E-state index in [0.29, 0.717) is 27.6 Å². The van der Waals surface area contributed by atoms with E-state index >= 15 is 0 Å². The number of thiazole rings is 1. The standard InChI is InChI=1S/C15H10ClN5O2S/c16-13-11(21-5-6-24-15(21)20-13)3-4-12(22)17-8-1-2-9-10(7-8)19-14(23)18-9/h1-7H,(H,17,22)(H2,18,19,23)/b4-3+. The summed E-state index contributed by atoms with van der Waals surface area (Å²) < 4.78 is 1.81. The maximum Gasteiger partial charge on any atom is 0.323 e. The fourth-order valence-electron chi connectivity index (χ4n) is 2.37. The molecule has 7 nitrogen and oxygen atoms in total. The number of halogens is 1. The summed E-state index contributed by atoms with van der Waals surface area (Å²) >= 11 is 7.54. The van der Waals surface area contributed by atoms with Crippen molar-refractivity contribution in [1.29, 1.82) is 0 Å². The van der Waals surface area contributed by atoms with Crippen LogP contribution in [0.15, 0.2) is 40.6 Å². The molecule has 0 unspecified atom stereocenters. The summed E-state index contributed by atoms with van der Waals surface area (Å²) in [5.41, 5.74) is 2.24. The highest BCUT2D eigenvalue weighted by molar-refractivity contribution is 7.15. The van der Waals surface area contributed by atoms with E-state index < -0.39 is 0 Å². The highest BCUT2D eigenvalue weighted by atomic mass is 35.5. The molecule has 0 saturated heterocycles. The first-order valence-electron chi connectivity index (χ1n) is 6.92. The minimum atomic E-state index is -0.312. The van der Waals surface area contributed by atoms with Crippen LogP contribution in [-0.4, -0.2) is 25.3 Å². The van der Waals surface area contributed by atoms with Crippen LogP contribution in [-0.2, 0) is 4.79 Å². The Balaban J connectivity index is 1.56. The topological polar surface area (TPSA) is 95.1 Å². The van der Waals surface area contributed by atoms with Gasteiger partial charge in [0.1, 0.15) is 0 Å². The van der Waals surface area contributed by atoms with Crippen molar-refractivity contribution in [2.45, 2.75) is 0 Å². The lowest BCUT2D eigenvalue weighted by atomic mass is 10.2. The molecule has 0 radical (unpaired) electrons. The molecule has 24 heavy (non-hydrogen) atoms. The molecule has 3 aromatic heterocycles. The molecule has 0 aliphatic heterocycles. The number of hydrogen-bond acceptors (Lipinski definition) is 4. The third kappa shape index (κ3) is 2.61. The van der Waals surface area contributed by atoms with Crippen LogP contribution < -0.4 is 11.0 Å². The SMILES string of the molecule is O=C(/C=C/c1c(Cl)nc2sccn12)Nc1ccc2[nH]c(=O)[nH]c2c1. The van der Waals surface area contributed by atoms with E-state index in [-0.39, 0.29) is 11.6 Å². The van der Waals surface area contributed by atoms with Gasteiger partial charge < -0.3 is 15.3 Å². The molecule has 0 aliphatic carbocycles. The summed E-state index contributed by atoms with van der Waals surface area (Å²) in [7, 11) is 0. The smallest absolute Gasteiger partial charge is 0.322 e. The fourth-order valence-corrected chi connectivity index (χ4v) is 3.38. The van der Waals surface area contributed by atoms with E-state index in [1.807, 2.05) is 16.0 Å². The number of anilines is 1. The Bertz CT molecular complexity index is 1150. The summed E-state index contributed by atoms with van der Waals surface area (Å²) in [5.74, 6) is -0.312. The van der Waals surface area contributed by atoms with Crippen LogP contribution in [0.1, 0.15) is 5.69 Å². The molecule has 0 bridgehead atoms. The number of benzene rings is 1. The van der Waals surface area contributed by atoms with Gasteiger partial charge in [-0.1, -0.05) is 11.6 Å².